The Morgan fingerprint density at radius 1 is 1.13 bits per heavy atom. The SMILES string of the molecule is CC1=C=CC(C(OC2CCN(C)CC2)C2C=CCCC2)CCC1. The Labute approximate surface area is 142 Å². The van der Waals surface area contributed by atoms with Crippen molar-refractivity contribution in [1.29, 1.82) is 0 Å². The molecular formula is C21H33NO. The van der Waals surface area contributed by atoms with Crippen molar-refractivity contribution >= 4 is 0 Å². The molecule has 0 amide bonds. The molecule has 1 aliphatic heterocycles. The van der Waals surface area contributed by atoms with Crippen molar-refractivity contribution in [1.82, 2.24) is 4.90 Å². The third-order valence-corrected chi connectivity index (χ3v) is 5.78. The van der Waals surface area contributed by atoms with Gasteiger partial charge in [0, 0.05) is 24.9 Å². The number of nitrogens with zero attached hydrogens (tertiary/aromatic N) is 1. The van der Waals surface area contributed by atoms with Gasteiger partial charge in [0.05, 0.1) is 12.2 Å². The molecule has 0 aromatic heterocycles. The topological polar surface area (TPSA) is 12.5 Å². The minimum absolute atomic E-state index is 0.360. The molecule has 3 aliphatic rings. The number of ether oxygens (including phenoxy) is 1. The minimum atomic E-state index is 0.360. The monoisotopic (exact) mass is 315 g/mol. The Kier molecular flexibility index (Phi) is 6.16. The Morgan fingerprint density at radius 3 is 2.65 bits per heavy atom. The van der Waals surface area contributed by atoms with Gasteiger partial charge in [-0.25, -0.2) is 0 Å². The fraction of sp³-hybridized carbons (Fsp3) is 0.762. The van der Waals surface area contributed by atoms with Crippen LogP contribution in [0, 0.1) is 11.8 Å². The Hall–Kier alpha value is -0.820. The maximum atomic E-state index is 6.75. The molecule has 1 fully saturated rings. The third kappa shape index (κ3) is 4.83. The highest BCUT2D eigenvalue weighted by Gasteiger charge is 2.32. The number of hydrogen-bond donors (Lipinski definition) is 0. The Balaban J connectivity index is 1.72. The molecule has 2 aliphatic carbocycles. The fourth-order valence-corrected chi connectivity index (χ4v) is 4.24. The molecule has 2 heteroatoms. The van der Waals surface area contributed by atoms with Crippen LogP contribution in [0.5, 0.6) is 0 Å². The van der Waals surface area contributed by atoms with Crippen LogP contribution < -0.4 is 0 Å². The second kappa shape index (κ2) is 8.33. The molecule has 0 radical (unpaired) electrons. The van der Waals surface area contributed by atoms with Gasteiger partial charge in [-0.15, -0.1) is 5.73 Å². The molecule has 1 heterocycles. The van der Waals surface area contributed by atoms with Gasteiger partial charge in [0.15, 0.2) is 0 Å². The molecule has 2 nitrogen and oxygen atoms in total. The molecular weight excluding hydrogens is 282 g/mol. The van der Waals surface area contributed by atoms with E-state index < -0.39 is 0 Å². The quantitative estimate of drug-likeness (QED) is 0.549. The number of rotatable bonds is 4. The minimum Gasteiger partial charge on any atom is -0.374 e. The van der Waals surface area contributed by atoms with Gasteiger partial charge in [-0.3, -0.25) is 0 Å². The highest BCUT2D eigenvalue weighted by Crippen LogP contribution is 2.33. The molecule has 1 saturated heterocycles. The van der Waals surface area contributed by atoms with Gasteiger partial charge in [-0.2, -0.15) is 0 Å². The Bertz CT molecular complexity index is 466. The average molecular weight is 316 g/mol. The zero-order chi connectivity index (χ0) is 16.1. The molecule has 23 heavy (non-hydrogen) atoms. The van der Waals surface area contributed by atoms with Crippen LogP contribution in [0.25, 0.3) is 0 Å². The van der Waals surface area contributed by atoms with Gasteiger partial charge in [-0.05, 0) is 77.0 Å². The average Bonchev–Trinajstić information content (AvgIpc) is 2.80. The van der Waals surface area contributed by atoms with E-state index in [1.165, 1.54) is 70.0 Å². The number of piperidine rings is 1. The normalized spacial score (nSPS) is 31.7. The van der Waals surface area contributed by atoms with Gasteiger partial charge in [0.25, 0.3) is 0 Å². The molecule has 3 rings (SSSR count). The smallest absolute Gasteiger partial charge is 0.0710 e. The molecule has 128 valence electrons. The van der Waals surface area contributed by atoms with E-state index in [0.717, 1.165) is 0 Å². The lowest BCUT2D eigenvalue weighted by molar-refractivity contribution is -0.0777. The van der Waals surface area contributed by atoms with Crippen LogP contribution in [0.15, 0.2) is 29.5 Å². The van der Waals surface area contributed by atoms with Gasteiger partial charge in [-0.1, -0.05) is 12.2 Å². The lowest BCUT2D eigenvalue weighted by Gasteiger charge is -2.37. The van der Waals surface area contributed by atoms with Crippen LogP contribution in [0.4, 0.5) is 0 Å². The number of hydrogen-bond acceptors (Lipinski definition) is 2. The number of likely N-dealkylation sites (tertiary alicyclic amines) is 1. The van der Waals surface area contributed by atoms with E-state index in [1.54, 1.807) is 0 Å². The second-order valence-corrected chi connectivity index (χ2v) is 7.77. The van der Waals surface area contributed by atoms with E-state index in [-0.39, 0.29) is 0 Å². The van der Waals surface area contributed by atoms with Crippen molar-refractivity contribution in [2.24, 2.45) is 11.8 Å². The van der Waals surface area contributed by atoms with Crippen LogP contribution in [0.1, 0.15) is 58.3 Å². The maximum Gasteiger partial charge on any atom is 0.0710 e. The maximum absolute atomic E-state index is 6.75. The summed E-state index contributed by atoms with van der Waals surface area (Å²) in [5.41, 5.74) is 4.94. The summed E-state index contributed by atoms with van der Waals surface area (Å²) in [6.45, 7) is 4.57. The predicted molar refractivity (Wildman–Crippen MR) is 96.5 cm³/mol. The van der Waals surface area contributed by atoms with E-state index in [4.69, 9.17) is 4.74 Å². The summed E-state index contributed by atoms with van der Waals surface area (Å²) in [6.07, 6.45) is 17.9. The first kappa shape index (κ1) is 17.0. The molecule has 0 spiro atoms. The lowest BCUT2D eigenvalue weighted by Crippen LogP contribution is -2.40. The van der Waals surface area contributed by atoms with Gasteiger partial charge < -0.3 is 9.64 Å². The zero-order valence-corrected chi connectivity index (χ0v) is 15.0. The highest BCUT2D eigenvalue weighted by atomic mass is 16.5. The summed E-state index contributed by atoms with van der Waals surface area (Å²) in [6, 6.07) is 0. The van der Waals surface area contributed by atoms with Crippen molar-refractivity contribution in [3.8, 4) is 0 Å². The van der Waals surface area contributed by atoms with Crippen LogP contribution in [-0.4, -0.2) is 37.2 Å². The first-order valence-electron chi connectivity index (χ1n) is 9.65. The van der Waals surface area contributed by atoms with Crippen molar-refractivity contribution < 1.29 is 4.74 Å². The van der Waals surface area contributed by atoms with E-state index in [0.29, 0.717) is 24.0 Å². The molecule has 0 saturated carbocycles. The summed E-state index contributed by atoms with van der Waals surface area (Å²) in [5.74, 6) is 1.14. The van der Waals surface area contributed by atoms with E-state index in [1.807, 2.05) is 0 Å². The van der Waals surface area contributed by atoms with Crippen LogP contribution in [0.3, 0.4) is 0 Å². The molecule has 0 N–H and O–H groups in total. The highest BCUT2D eigenvalue weighted by molar-refractivity contribution is 5.07. The number of allylic oxidation sites excluding steroid dienone is 1. The fourth-order valence-electron chi connectivity index (χ4n) is 4.24. The summed E-state index contributed by atoms with van der Waals surface area (Å²) >= 11 is 0. The molecule has 3 atom stereocenters. The molecule has 0 bridgehead atoms. The standard InChI is InChI=1S/C21H33NO/c1-17-7-6-10-19(12-11-17)21(18-8-4-3-5-9-18)23-20-13-15-22(2)16-14-20/h4,8,12,18-21H,3,5-7,9-10,13-16H2,1-2H3. The van der Waals surface area contributed by atoms with Crippen molar-refractivity contribution in [3.63, 3.8) is 0 Å². The van der Waals surface area contributed by atoms with E-state index >= 15 is 0 Å². The van der Waals surface area contributed by atoms with Gasteiger partial charge >= 0.3 is 0 Å². The lowest BCUT2D eigenvalue weighted by atomic mass is 9.82. The largest absolute Gasteiger partial charge is 0.374 e. The van der Waals surface area contributed by atoms with Crippen molar-refractivity contribution in [2.75, 3.05) is 20.1 Å². The first-order valence-corrected chi connectivity index (χ1v) is 9.65. The molecule has 3 unspecified atom stereocenters. The molecule has 0 aromatic rings. The van der Waals surface area contributed by atoms with E-state index in [2.05, 4.69) is 42.8 Å². The second-order valence-electron chi connectivity index (χ2n) is 7.77. The van der Waals surface area contributed by atoms with Gasteiger partial charge in [0.1, 0.15) is 0 Å². The Morgan fingerprint density at radius 2 is 1.91 bits per heavy atom. The summed E-state index contributed by atoms with van der Waals surface area (Å²) < 4.78 is 6.75. The van der Waals surface area contributed by atoms with Crippen molar-refractivity contribution in [2.45, 2.75) is 70.5 Å². The summed E-state index contributed by atoms with van der Waals surface area (Å²) in [7, 11) is 2.22. The van der Waals surface area contributed by atoms with Crippen LogP contribution in [0.2, 0.25) is 0 Å². The van der Waals surface area contributed by atoms with Gasteiger partial charge in [0.2, 0.25) is 0 Å². The van der Waals surface area contributed by atoms with E-state index in [9.17, 15) is 0 Å². The first-order chi connectivity index (χ1) is 11.2. The van der Waals surface area contributed by atoms with Crippen molar-refractivity contribution in [3.05, 3.63) is 29.5 Å². The van der Waals surface area contributed by atoms with Crippen LogP contribution in [-0.2, 0) is 4.74 Å². The van der Waals surface area contributed by atoms with Crippen LogP contribution >= 0.6 is 0 Å². The summed E-state index contributed by atoms with van der Waals surface area (Å²) in [4.78, 5) is 2.42. The zero-order valence-electron chi connectivity index (χ0n) is 15.0. The predicted octanol–water partition coefficient (Wildman–Crippen LogP) is 4.72. The summed E-state index contributed by atoms with van der Waals surface area (Å²) in [5, 5.41) is 0. The molecule has 0 aromatic carbocycles. The third-order valence-electron chi connectivity index (χ3n) is 5.78.